The highest BCUT2D eigenvalue weighted by molar-refractivity contribution is 5.78. The number of carbonyl (C=O) groups is 4. The van der Waals surface area contributed by atoms with E-state index in [9.17, 15) is 19.2 Å². The maximum Gasteiger partial charge on any atom is 0.330 e. The largest absolute Gasteiger partial charge is 0.350 e. The Morgan fingerprint density at radius 1 is 0.500 bits per heavy atom. The van der Waals surface area contributed by atoms with Crippen molar-refractivity contribution in [2.75, 3.05) is 0 Å². The number of carbonyl (C=O) groups excluding carboxylic acids is 4. The van der Waals surface area contributed by atoms with Crippen LogP contribution in [0.4, 0.5) is 19.2 Å². The van der Waals surface area contributed by atoms with E-state index < -0.39 is 24.1 Å². The molecule has 0 rings (SSSR count). The molecule has 0 aromatic carbocycles. The molecule has 0 fully saturated rings. The zero-order chi connectivity index (χ0) is 13.1. The van der Waals surface area contributed by atoms with Crippen LogP contribution in [-0.2, 0) is 0 Å². The van der Waals surface area contributed by atoms with Crippen LogP contribution < -0.4 is 44.6 Å². The van der Waals surface area contributed by atoms with E-state index in [0.717, 1.165) is 0 Å². The van der Waals surface area contributed by atoms with Crippen molar-refractivity contribution in [3.05, 3.63) is 0 Å². The lowest BCUT2D eigenvalue weighted by atomic mass is 11.1. The van der Waals surface area contributed by atoms with Crippen molar-refractivity contribution >= 4 is 24.1 Å². The number of amides is 8. The third-order valence-corrected chi connectivity index (χ3v) is 0.618. The Kier molecular flexibility index (Phi) is 8.42. The highest BCUT2D eigenvalue weighted by Crippen LogP contribution is 1.49. The quantitative estimate of drug-likeness (QED) is 0.200. The van der Waals surface area contributed by atoms with Gasteiger partial charge < -0.3 is 22.9 Å². The van der Waals surface area contributed by atoms with Crippen molar-refractivity contribution in [2.24, 2.45) is 22.9 Å². The minimum atomic E-state index is -0.858. The summed E-state index contributed by atoms with van der Waals surface area (Å²) >= 11 is 0. The molecule has 0 aromatic heterocycles. The van der Waals surface area contributed by atoms with E-state index in [1.165, 1.54) is 0 Å². The molecule has 8 amide bonds. The molecule has 0 aliphatic rings. The van der Waals surface area contributed by atoms with Gasteiger partial charge in [-0.15, -0.1) is 0 Å². The van der Waals surface area contributed by atoms with Crippen LogP contribution in [0.1, 0.15) is 0 Å². The number of hydrazine groups is 2. The zero-order valence-corrected chi connectivity index (χ0v) is 7.94. The molecule has 0 aliphatic carbocycles. The van der Waals surface area contributed by atoms with Crippen LogP contribution in [0, 0.1) is 0 Å². The maximum atomic E-state index is 9.74. The summed E-state index contributed by atoms with van der Waals surface area (Å²) in [7, 11) is 0. The van der Waals surface area contributed by atoms with E-state index in [1.54, 1.807) is 21.7 Å². The molecule has 12 heteroatoms. The second kappa shape index (κ2) is 8.67. The molecule has 0 bridgehead atoms. The monoisotopic (exact) mass is 236 g/mol. The molecule has 92 valence electrons. The van der Waals surface area contributed by atoms with E-state index in [1.807, 2.05) is 0 Å². The minimum Gasteiger partial charge on any atom is -0.350 e. The lowest BCUT2D eigenvalue weighted by Gasteiger charge is -1.97. The third-order valence-electron chi connectivity index (χ3n) is 0.618. The van der Waals surface area contributed by atoms with Crippen LogP contribution in [0.25, 0.3) is 0 Å². The van der Waals surface area contributed by atoms with Gasteiger partial charge in [-0.25, -0.2) is 40.9 Å². The van der Waals surface area contributed by atoms with Crippen LogP contribution in [0.3, 0.4) is 0 Å². The summed E-state index contributed by atoms with van der Waals surface area (Å²) in [5.74, 6) is 0. The summed E-state index contributed by atoms with van der Waals surface area (Å²) in [4.78, 5) is 39.0. The molecule has 0 aromatic rings. The van der Waals surface area contributed by atoms with E-state index in [4.69, 9.17) is 0 Å². The third kappa shape index (κ3) is 22.5. The van der Waals surface area contributed by atoms with E-state index in [-0.39, 0.29) is 0 Å². The number of rotatable bonds is 0. The fraction of sp³-hybridized carbons (Fsp3) is 0. The molecular weight excluding hydrogens is 224 g/mol. The molecule has 0 unspecified atom stereocenters. The van der Waals surface area contributed by atoms with E-state index in [2.05, 4.69) is 22.9 Å². The predicted molar refractivity (Wildman–Crippen MR) is 50.9 cm³/mol. The van der Waals surface area contributed by atoms with Gasteiger partial charge in [0.2, 0.25) is 0 Å². The van der Waals surface area contributed by atoms with Crippen molar-refractivity contribution in [1.29, 1.82) is 0 Å². The summed E-state index contributed by atoms with van der Waals surface area (Å²) in [5, 5.41) is 0. The smallest absolute Gasteiger partial charge is 0.330 e. The maximum absolute atomic E-state index is 9.74. The lowest BCUT2D eigenvalue weighted by molar-refractivity contribution is 0.233. The number of primary amides is 4. The van der Waals surface area contributed by atoms with Gasteiger partial charge in [0.05, 0.1) is 0 Å². The second-order valence-corrected chi connectivity index (χ2v) is 1.96. The molecule has 12 N–H and O–H groups in total. The van der Waals surface area contributed by atoms with Gasteiger partial charge in [-0.2, -0.15) is 0 Å². The SMILES string of the molecule is NC(=O)NNC(N)=O.NC(=O)NNC(N)=O. The van der Waals surface area contributed by atoms with Crippen LogP contribution in [0.2, 0.25) is 0 Å². The molecule has 0 aliphatic heterocycles. The Hall–Kier alpha value is -2.92. The first-order valence-electron chi connectivity index (χ1n) is 3.47. The summed E-state index contributed by atoms with van der Waals surface area (Å²) in [6.45, 7) is 0. The number of hydrogen-bond acceptors (Lipinski definition) is 4. The molecule has 12 nitrogen and oxygen atoms in total. The van der Waals surface area contributed by atoms with Crippen molar-refractivity contribution in [1.82, 2.24) is 21.7 Å². The van der Waals surface area contributed by atoms with Gasteiger partial charge in [0.1, 0.15) is 0 Å². The first-order valence-corrected chi connectivity index (χ1v) is 3.47. The topological polar surface area (TPSA) is 220 Å². The number of nitrogens with two attached hydrogens (primary N) is 4. The predicted octanol–water partition coefficient (Wildman–Crippen LogP) is -3.52. The zero-order valence-electron chi connectivity index (χ0n) is 7.94. The average Bonchev–Trinajstić information content (AvgIpc) is 2.12. The highest BCUT2D eigenvalue weighted by Gasteiger charge is 1.90. The van der Waals surface area contributed by atoms with Crippen molar-refractivity contribution in [3.8, 4) is 0 Å². The number of urea groups is 4. The summed E-state index contributed by atoms with van der Waals surface area (Å²) in [6.07, 6.45) is 0. The Morgan fingerprint density at radius 3 is 0.688 bits per heavy atom. The summed E-state index contributed by atoms with van der Waals surface area (Å²) in [5.41, 5.74) is 25.1. The van der Waals surface area contributed by atoms with Gasteiger partial charge in [-0.05, 0) is 0 Å². The van der Waals surface area contributed by atoms with E-state index >= 15 is 0 Å². The van der Waals surface area contributed by atoms with Crippen LogP contribution in [0.5, 0.6) is 0 Å². The van der Waals surface area contributed by atoms with Gasteiger partial charge in [0.15, 0.2) is 0 Å². The van der Waals surface area contributed by atoms with Gasteiger partial charge in [-0.3, -0.25) is 0 Å². The van der Waals surface area contributed by atoms with Gasteiger partial charge in [-0.1, -0.05) is 0 Å². The summed E-state index contributed by atoms with van der Waals surface area (Å²) < 4.78 is 0. The lowest BCUT2D eigenvalue weighted by Crippen LogP contribution is -2.46. The highest BCUT2D eigenvalue weighted by atomic mass is 16.2. The Morgan fingerprint density at radius 2 is 0.625 bits per heavy atom. The van der Waals surface area contributed by atoms with Crippen LogP contribution in [0.15, 0.2) is 0 Å². The number of hydrogen-bond donors (Lipinski definition) is 8. The fourth-order valence-electron chi connectivity index (χ4n) is 0.246. The van der Waals surface area contributed by atoms with Gasteiger partial charge in [0.25, 0.3) is 0 Å². The summed E-state index contributed by atoms with van der Waals surface area (Å²) in [6, 6.07) is -3.43. The molecule has 0 spiro atoms. The molecule has 0 atom stereocenters. The van der Waals surface area contributed by atoms with Crippen molar-refractivity contribution in [2.45, 2.75) is 0 Å². The fourth-order valence-corrected chi connectivity index (χ4v) is 0.246. The molecule has 16 heavy (non-hydrogen) atoms. The Labute approximate surface area is 89.0 Å². The van der Waals surface area contributed by atoms with E-state index in [0.29, 0.717) is 0 Å². The molecular formula is C4H12N8O4. The van der Waals surface area contributed by atoms with Crippen molar-refractivity contribution in [3.63, 3.8) is 0 Å². The molecule has 0 heterocycles. The Bertz CT molecular complexity index is 221. The Balaban J connectivity index is 0. The molecule has 0 radical (unpaired) electrons. The minimum absolute atomic E-state index is 0.858. The van der Waals surface area contributed by atoms with Gasteiger partial charge in [0, 0.05) is 0 Å². The number of nitrogens with one attached hydrogen (secondary N) is 4. The first kappa shape index (κ1) is 15.5. The average molecular weight is 236 g/mol. The van der Waals surface area contributed by atoms with Crippen LogP contribution >= 0.6 is 0 Å². The molecule has 0 saturated carbocycles. The first-order chi connectivity index (χ1) is 7.25. The normalized spacial score (nSPS) is 7.50. The van der Waals surface area contributed by atoms with Crippen LogP contribution in [-0.4, -0.2) is 24.1 Å². The standard InChI is InChI=1S/2C2H6N4O2/c2*3-1(7)5-6-2(4)8/h2*(H3,3,5,7)(H3,4,6,8). The van der Waals surface area contributed by atoms with Crippen molar-refractivity contribution < 1.29 is 19.2 Å². The van der Waals surface area contributed by atoms with Gasteiger partial charge >= 0.3 is 24.1 Å². The second-order valence-electron chi connectivity index (χ2n) is 1.96. The molecule has 0 saturated heterocycles.